The highest BCUT2D eigenvalue weighted by Crippen LogP contribution is 2.39. The zero-order valence-corrected chi connectivity index (χ0v) is 8.47. The van der Waals surface area contributed by atoms with E-state index in [2.05, 4.69) is 17.8 Å². The van der Waals surface area contributed by atoms with Gasteiger partial charge in [0.25, 0.3) is 0 Å². The molecule has 1 nitrogen and oxygen atoms in total. The third kappa shape index (κ3) is 0.985. The number of aryl methyl sites for hydroxylation is 2. The quantitative estimate of drug-likeness (QED) is 0.596. The minimum Gasteiger partial charge on any atom is -0.264 e. The molecule has 72 valence electrons. The second-order valence-electron chi connectivity index (χ2n) is 4.37. The average molecular weight is 185 g/mol. The second-order valence-corrected chi connectivity index (χ2v) is 4.37. The van der Waals surface area contributed by atoms with Crippen LogP contribution in [-0.4, -0.2) is 6.72 Å². The van der Waals surface area contributed by atoms with Gasteiger partial charge in [0.2, 0.25) is 0 Å². The van der Waals surface area contributed by atoms with E-state index in [0.29, 0.717) is 0 Å². The number of rotatable bonds is 1. The van der Waals surface area contributed by atoms with E-state index in [1.807, 2.05) is 0 Å². The van der Waals surface area contributed by atoms with Crippen LogP contribution in [0.15, 0.2) is 11.1 Å². The summed E-state index contributed by atoms with van der Waals surface area (Å²) in [6, 6.07) is 2.43. The molecule has 14 heavy (non-hydrogen) atoms. The lowest BCUT2D eigenvalue weighted by Crippen LogP contribution is -1.91. The van der Waals surface area contributed by atoms with Crippen molar-refractivity contribution in [2.45, 2.75) is 38.5 Å². The van der Waals surface area contributed by atoms with Gasteiger partial charge < -0.3 is 0 Å². The lowest BCUT2D eigenvalue weighted by atomic mass is 9.99. The van der Waals surface area contributed by atoms with Gasteiger partial charge in [-0.1, -0.05) is 6.07 Å². The zero-order valence-electron chi connectivity index (χ0n) is 8.47. The van der Waals surface area contributed by atoms with Crippen molar-refractivity contribution < 1.29 is 0 Å². The van der Waals surface area contributed by atoms with Gasteiger partial charge in [-0.3, -0.25) is 4.99 Å². The Morgan fingerprint density at radius 3 is 2.00 bits per heavy atom. The summed E-state index contributed by atoms with van der Waals surface area (Å²) in [5.41, 5.74) is 7.34. The Bertz CT molecular complexity index is 372. The normalized spacial score (nSPS) is 18.0. The Hall–Kier alpha value is -1.11. The molecule has 0 aromatic heterocycles. The van der Waals surface area contributed by atoms with Crippen LogP contribution in [0, 0.1) is 0 Å². The van der Waals surface area contributed by atoms with E-state index in [9.17, 15) is 0 Å². The number of hydrogen-bond donors (Lipinski definition) is 0. The topological polar surface area (TPSA) is 12.4 Å². The molecule has 0 radical (unpaired) electrons. The Morgan fingerprint density at radius 1 is 0.929 bits per heavy atom. The Morgan fingerprint density at radius 2 is 1.50 bits per heavy atom. The number of fused-ring (bicyclic) bond motifs is 2. The Kier molecular flexibility index (Phi) is 1.73. The molecule has 2 aliphatic carbocycles. The van der Waals surface area contributed by atoms with Crippen LogP contribution in [0.4, 0.5) is 5.69 Å². The third-order valence-electron chi connectivity index (χ3n) is 3.60. The molecule has 0 spiro atoms. The molecule has 0 heterocycles. The predicted molar refractivity (Wildman–Crippen MR) is 59.7 cm³/mol. The van der Waals surface area contributed by atoms with Crippen molar-refractivity contribution >= 4 is 12.4 Å². The van der Waals surface area contributed by atoms with E-state index in [1.54, 1.807) is 11.1 Å². The second kappa shape index (κ2) is 2.94. The first-order valence-electron chi connectivity index (χ1n) is 5.53. The monoisotopic (exact) mass is 185 g/mol. The first-order chi connectivity index (χ1) is 6.90. The fourth-order valence-electron chi connectivity index (χ4n) is 2.98. The summed E-state index contributed by atoms with van der Waals surface area (Å²) >= 11 is 0. The molecule has 0 atom stereocenters. The van der Waals surface area contributed by atoms with Gasteiger partial charge in [0.1, 0.15) is 0 Å². The van der Waals surface area contributed by atoms with Gasteiger partial charge in [-0.25, -0.2) is 0 Å². The summed E-state index contributed by atoms with van der Waals surface area (Å²) in [6.07, 6.45) is 7.56. The van der Waals surface area contributed by atoms with Gasteiger partial charge in [-0.2, -0.15) is 0 Å². The fourth-order valence-corrected chi connectivity index (χ4v) is 2.98. The predicted octanol–water partition coefficient (Wildman–Crippen LogP) is 3.00. The summed E-state index contributed by atoms with van der Waals surface area (Å²) < 4.78 is 0. The van der Waals surface area contributed by atoms with Crippen LogP contribution in [0.25, 0.3) is 0 Å². The summed E-state index contributed by atoms with van der Waals surface area (Å²) in [7, 11) is 0. The molecule has 1 aromatic rings. The number of aliphatic imine (C=N–C) groups is 1. The largest absolute Gasteiger partial charge is 0.264 e. The van der Waals surface area contributed by atoms with Gasteiger partial charge in [-0.15, -0.1) is 0 Å². The van der Waals surface area contributed by atoms with E-state index in [1.165, 1.54) is 55.3 Å². The van der Waals surface area contributed by atoms with Gasteiger partial charge in [0.05, 0.1) is 5.69 Å². The molecule has 3 rings (SSSR count). The van der Waals surface area contributed by atoms with Crippen molar-refractivity contribution in [2.24, 2.45) is 4.99 Å². The van der Waals surface area contributed by atoms with Crippen molar-refractivity contribution in [1.82, 2.24) is 0 Å². The van der Waals surface area contributed by atoms with E-state index in [4.69, 9.17) is 0 Å². The fraction of sp³-hybridized carbons (Fsp3) is 0.462. The van der Waals surface area contributed by atoms with Crippen molar-refractivity contribution in [1.29, 1.82) is 0 Å². The van der Waals surface area contributed by atoms with E-state index in [0.717, 1.165) is 0 Å². The van der Waals surface area contributed by atoms with Crippen molar-refractivity contribution in [3.8, 4) is 0 Å². The highest BCUT2D eigenvalue weighted by Gasteiger charge is 2.22. The molecular weight excluding hydrogens is 170 g/mol. The Labute approximate surface area is 84.9 Å². The highest BCUT2D eigenvalue weighted by molar-refractivity contribution is 5.64. The average Bonchev–Trinajstić information content (AvgIpc) is 2.80. The number of benzene rings is 1. The summed E-state index contributed by atoms with van der Waals surface area (Å²) in [5, 5.41) is 0. The molecule has 0 amide bonds. The lowest BCUT2D eigenvalue weighted by Gasteiger charge is -2.10. The van der Waals surface area contributed by atoms with Crippen LogP contribution in [-0.2, 0) is 25.7 Å². The molecule has 0 bridgehead atoms. The maximum atomic E-state index is 4.26. The summed E-state index contributed by atoms with van der Waals surface area (Å²) in [4.78, 5) is 4.26. The SMILES string of the molecule is C=Nc1c2c(cc3c1CCC3)CCC2. The summed E-state index contributed by atoms with van der Waals surface area (Å²) in [5.74, 6) is 0. The van der Waals surface area contributed by atoms with Crippen molar-refractivity contribution in [3.63, 3.8) is 0 Å². The molecule has 1 heteroatoms. The third-order valence-corrected chi connectivity index (χ3v) is 3.60. The van der Waals surface area contributed by atoms with Crippen LogP contribution >= 0.6 is 0 Å². The molecule has 2 aliphatic rings. The highest BCUT2D eigenvalue weighted by atomic mass is 14.7. The first kappa shape index (κ1) is 8.22. The van der Waals surface area contributed by atoms with Crippen LogP contribution in [0.1, 0.15) is 35.1 Å². The Balaban J connectivity index is 2.29. The molecule has 0 N–H and O–H groups in total. The molecular formula is C13H15N. The molecule has 0 aliphatic heterocycles. The van der Waals surface area contributed by atoms with Gasteiger partial charge in [0, 0.05) is 0 Å². The standard InChI is InChI=1S/C13H15N/c1-14-13-11-6-2-4-9(11)8-10-5-3-7-12(10)13/h8H,1-7H2. The van der Waals surface area contributed by atoms with E-state index in [-0.39, 0.29) is 0 Å². The molecule has 0 unspecified atom stereocenters. The van der Waals surface area contributed by atoms with Gasteiger partial charge in [-0.05, 0) is 67.5 Å². The smallest absolute Gasteiger partial charge is 0.0691 e. The molecule has 0 fully saturated rings. The minimum atomic E-state index is 1.22. The zero-order chi connectivity index (χ0) is 9.54. The number of hydrogen-bond acceptors (Lipinski definition) is 1. The summed E-state index contributed by atoms with van der Waals surface area (Å²) in [6.45, 7) is 3.74. The van der Waals surface area contributed by atoms with Gasteiger partial charge in [0.15, 0.2) is 0 Å². The molecule has 0 saturated heterocycles. The van der Waals surface area contributed by atoms with Crippen molar-refractivity contribution in [3.05, 3.63) is 28.3 Å². The van der Waals surface area contributed by atoms with Crippen LogP contribution < -0.4 is 0 Å². The van der Waals surface area contributed by atoms with E-state index >= 15 is 0 Å². The first-order valence-corrected chi connectivity index (χ1v) is 5.53. The van der Waals surface area contributed by atoms with Crippen LogP contribution in [0.3, 0.4) is 0 Å². The maximum absolute atomic E-state index is 4.26. The molecule has 0 saturated carbocycles. The molecule has 1 aromatic carbocycles. The lowest BCUT2D eigenvalue weighted by molar-refractivity contribution is 0.897. The van der Waals surface area contributed by atoms with Gasteiger partial charge >= 0.3 is 0 Å². The maximum Gasteiger partial charge on any atom is 0.0691 e. The number of nitrogens with zero attached hydrogens (tertiary/aromatic N) is 1. The van der Waals surface area contributed by atoms with E-state index < -0.39 is 0 Å². The van der Waals surface area contributed by atoms with Crippen LogP contribution in [0.5, 0.6) is 0 Å². The van der Waals surface area contributed by atoms with Crippen LogP contribution in [0.2, 0.25) is 0 Å². The minimum absolute atomic E-state index is 1.22. The van der Waals surface area contributed by atoms with Crippen molar-refractivity contribution in [2.75, 3.05) is 0 Å².